The molecule has 3 N–H and O–H groups in total. The molecule has 0 saturated heterocycles. The van der Waals surface area contributed by atoms with Gasteiger partial charge in [0.1, 0.15) is 10.2 Å². The Balaban J connectivity index is 1.64. The van der Waals surface area contributed by atoms with E-state index < -0.39 is 0 Å². The van der Waals surface area contributed by atoms with Crippen molar-refractivity contribution in [3.63, 3.8) is 0 Å². The first-order chi connectivity index (χ1) is 14.6. The van der Waals surface area contributed by atoms with Crippen molar-refractivity contribution in [1.82, 2.24) is 30.4 Å². The summed E-state index contributed by atoms with van der Waals surface area (Å²) in [6, 6.07) is 15.7. The molecule has 0 unspecified atom stereocenters. The van der Waals surface area contributed by atoms with Crippen LogP contribution in [0.4, 0.5) is 5.69 Å². The Morgan fingerprint density at radius 3 is 2.53 bits per heavy atom. The van der Waals surface area contributed by atoms with Crippen molar-refractivity contribution in [2.24, 2.45) is 0 Å². The highest BCUT2D eigenvalue weighted by atomic mass is 79.9. The quantitative estimate of drug-likeness (QED) is 0.446. The first-order valence-electron chi connectivity index (χ1n) is 9.19. The molecular weight excluding hydrogens is 450 g/mol. The molecule has 152 valence electrons. The summed E-state index contributed by atoms with van der Waals surface area (Å²) in [5.74, 6) is 0.819. The number of tetrazole rings is 1. The summed E-state index contributed by atoms with van der Waals surface area (Å²) >= 11 is 3.27. The van der Waals surface area contributed by atoms with Gasteiger partial charge in [-0.15, -0.1) is 15.3 Å². The smallest absolute Gasteiger partial charge is 0.291 e. The monoisotopic (exact) mass is 467 g/mol. The van der Waals surface area contributed by atoms with Crippen LogP contribution < -0.4 is 16.0 Å². The summed E-state index contributed by atoms with van der Waals surface area (Å²) in [6.07, 6.45) is 0. The minimum Gasteiger partial charge on any atom is -0.476 e. The highest BCUT2D eigenvalue weighted by Crippen LogP contribution is 2.30. The first-order valence-corrected chi connectivity index (χ1v) is 9.98. The fraction of sp³-hybridized carbons (Fsp3) is 0.150. The number of aromatic nitrogens is 6. The number of hydrogen-bond donors (Lipinski definition) is 2. The Morgan fingerprint density at radius 2 is 1.87 bits per heavy atom. The van der Waals surface area contributed by atoms with Crippen molar-refractivity contribution in [2.45, 2.75) is 13.5 Å². The van der Waals surface area contributed by atoms with Crippen molar-refractivity contribution in [2.75, 3.05) is 12.3 Å². The van der Waals surface area contributed by atoms with Crippen molar-refractivity contribution >= 4 is 21.6 Å². The lowest BCUT2D eigenvalue weighted by atomic mass is 9.98. The van der Waals surface area contributed by atoms with Gasteiger partial charge in [-0.25, -0.2) is 4.68 Å². The molecule has 0 aliphatic rings. The lowest BCUT2D eigenvalue weighted by molar-refractivity contribution is 0.313. The molecule has 4 aromatic rings. The van der Waals surface area contributed by atoms with Gasteiger partial charge in [-0.05, 0) is 44.8 Å². The maximum Gasteiger partial charge on any atom is 0.291 e. The highest BCUT2D eigenvalue weighted by Gasteiger charge is 2.15. The molecule has 0 radical (unpaired) electrons. The van der Waals surface area contributed by atoms with Crippen LogP contribution in [0.15, 0.2) is 57.8 Å². The number of hydrogen-bond acceptors (Lipinski definition) is 7. The number of nitrogens with zero attached hydrogens (tertiary/aromatic N) is 5. The number of aromatic amines is 1. The predicted molar refractivity (Wildman–Crippen MR) is 116 cm³/mol. The Labute approximate surface area is 180 Å². The van der Waals surface area contributed by atoms with Gasteiger partial charge in [-0.2, -0.15) is 5.21 Å². The van der Waals surface area contributed by atoms with Crippen LogP contribution in [0.1, 0.15) is 12.5 Å². The molecule has 0 saturated carbocycles. The van der Waals surface area contributed by atoms with Crippen LogP contribution in [-0.4, -0.2) is 37.0 Å². The van der Waals surface area contributed by atoms with Crippen molar-refractivity contribution in [1.29, 1.82) is 0 Å². The van der Waals surface area contributed by atoms with Gasteiger partial charge in [0.15, 0.2) is 0 Å². The minimum atomic E-state index is -0.378. The minimum absolute atomic E-state index is 0.0686. The van der Waals surface area contributed by atoms with Crippen molar-refractivity contribution in [3.05, 3.63) is 68.9 Å². The van der Waals surface area contributed by atoms with Gasteiger partial charge in [0.05, 0.1) is 13.2 Å². The van der Waals surface area contributed by atoms with Crippen LogP contribution in [0.5, 0.6) is 5.88 Å². The predicted octanol–water partition coefficient (Wildman–Crippen LogP) is 2.88. The fourth-order valence-corrected chi connectivity index (χ4v) is 3.41. The Kier molecular flexibility index (Phi) is 5.57. The van der Waals surface area contributed by atoms with Gasteiger partial charge >= 0.3 is 0 Å². The molecule has 0 atom stereocenters. The number of nitrogen functional groups attached to an aromatic ring is 1. The molecule has 0 bridgehead atoms. The van der Waals surface area contributed by atoms with Crippen LogP contribution in [0.2, 0.25) is 0 Å². The third-order valence-corrected chi connectivity index (χ3v) is 5.26. The molecule has 2 aromatic carbocycles. The van der Waals surface area contributed by atoms with Gasteiger partial charge in [-0.1, -0.05) is 48.5 Å². The van der Waals surface area contributed by atoms with E-state index in [1.807, 2.05) is 55.5 Å². The molecule has 2 heterocycles. The third kappa shape index (κ3) is 3.81. The van der Waals surface area contributed by atoms with Gasteiger partial charge in [0.2, 0.25) is 11.7 Å². The number of H-pyrrole nitrogens is 1. The van der Waals surface area contributed by atoms with E-state index in [0.29, 0.717) is 22.8 Å². The van der Waals surface area contributed by atoms with Crippen LogP contribution >= 0.6 is 15.9 Å². The second kappa shape index (κ2) is 8.46. The van der Waals surface area contributed by atoms with Crippen LogP contribution in [0, 0.1) is 0 Å². The largest absolute Gasteiger partial charge is 0.476 e. The highest BCUT2D eigenvalue weighted by molar-refractivity contribution is 9.10. The van der Waals surface area contributed by atoms with E-state index in [-0.39, 0.29) is 17.8 Å². The molecule has 0 amide bonds. The second-order valence-electron chi connectivity index (χ2n) is 6.41. The lowest BCUT2D eigenvalue weighted by Gasteiger charge is -2.12. The standard InChI is InChI=1S/C20H18BrN7O2/c1-2-30-19-16(21)17(22)20(29)28(25-19)11-12-7-9-13(10-8-12)14-5-3-4-6-15(14)18-23-26-27-24-18/h3-10H,2,11,22H2,1H3,(H,23,24,26,27). The van der Waals surface area contributed by atoms with Gasteiger partial charge in [0, 0.05) is 5.56 Å². The topological polar surface area (TPSA) is 125 Å². The van der Waals surface area contributed by atoms with Gasteiger partial charge < -0.3 is 10.5 Å². The molecule has 9 nitrogen and oxygen atoms in total. The lowest BCUT2D eigenvalue weighted by Crippen LogP contribution is -2.27. The van der Waals surface area contributed by atoms with Gasteiger partial charge in [0.25, 0.3) is 5.56 Å². The van der Waals surface area contributed by atoms with E-state index in [0.717, 1.165) is 22.3 Å². The van der Waals surface area contributed by atoms with Gasteiger partial charge in [-0.3, -0.25) is 4.79 Å². The third-order valence-electron chi connectivity index (χ3n) is 4.49. The van der Waals surface area contributed by atoms with E-state index in [4.69, 9.17) is 10.5 Å². The summed E-state index contributed by atoms with van der Waals surface area (Å²) in [5.41, 5.74) is 9.34. The number of nitrogens with two attached hydrogens (primary N) is 1. The Bertz CT molecular complexity index is 1220. The number of nitrogens with one attached hydrogen (secondary N) is 1. The van der Waals surface area contributed by atoms with E-state index in [9.17, 15) is 4.79 Å². The molecule has 0 spiro atoms. The average Bonchev–Trinajstić information content (AvgIpc) is 3.31. The zero-order chi connectivity index (χ0) is 21.1. The van der Waals surface area contributed by atoms with Crippen molar-refractivity contribution in [3.8, 4) is 28.4 Å². The number of rotatable bonds is 6. The molecule has 0 aliphatic heterocycles. The first kappa shape index (κ1) is 19.8. The maximum absolute atomic E-state index is 12.5. The SMILES string of the molecule is CCOc1nn(Cc2ccc(-c3ccccc3-c3nn[nH]n3)cc2)c(=O)c(N)c1Br. The summed E-state index contributed by atoms with van der Waals surface area (Å²) < 4.78 is 7.13. The summed E-state index contributed by atoms with van der Waals surface area (Å²) in [7, 11) is 0. The van der Waals surface area contributed by atoms with E-state index in [1.54, 1.807) is 0 Å². The number of halogens is 1. The number of benzene rings is 2. The molecule has 0 fully saturated rings. The molecule has 4 rings (SSSR count). The number of anilines is 1. The number of ether oxygens (including phenoxy) is 1. The van der Waals surface area contributed by atoms with E-state index >= 15 is 0 Å². The van der Waals surface area contributed by atoms with Crippen LogP contribution in [0.3, 0.4) is 0 Å². The zero-order valence-corrected chi connectivity index (χ0v) is 17.6. The summed E-state index contributed by atoms with van der Waals surface area (Å²) in [6.45, 7) is 2.52. The average molecular weight is 468 g/mol. The van der Waals surface area contributed by atoms with E-state index in [2.05, 4.69) is 41.7 Å². The molecule has 30 heavy (non-hydrogen) atoms. The molecule has 2 aromatic heterocycles. The second-order valence-corrected chi connectivity index (χ2v) is 7.20. The normalized spacial score (nSPS) is 10.9. The molecular formula is C20H18BrN7O2. The van der Waals surface area contributed by atoms with Crippen molar-refractivity contribution < 1.29 is 4.74 Å². The maximum atomic E-state index is 12.5. The Morgan fingerprint density at radius 1 is 1.13 bits per heavy atom. The Hall–Kier alpha value is -3.53. The van der Waals surface area contributed by atoms with Crippen LogP contribution in [-0.2, 0) is 6.54 Å². The molecule has 0 aliphatic carbocycles. The zero-order valence-electron chi connectivity index (χ0n) is 16.0. The summed E-state index contributed by atoms with van der Waals surface area (Å²) in [4.78, 5) is 12.5. The fourth-order valence-electron chi connectivity index (χ4n) is 3.05. The van der Waals surface area contributed by atoms with Crippen LogP contribution in [0.25, 0.3) is 22.5 Å². The van der Waals surface area contributed by atoms with E-state index in [1.165, 1.54) is 4.68 Å². The molecule has 10 heteroatoms. The summed E-state index contributed by atoms with van der Waals surface area (Å²) in [5, 5.41) is 18.5.